The molecule has 0 aliphatic heterocycles. The quantitative estimate of drug-likeness (QED) is 0.486. The van der Waals surface area contributed by atoms with Crippen molar-refractivity contribution >= 4 is 5.96 Å². The van der Waals surface area contributed by atoms with Crippen LogP contribution in [0.15, 0.2) is 33.9 Å². The van der Waals surface area contributed by atoms with E-state index in [-0.39, 0.29) is 0 Å². The molecule has 0 saturated heterocycles. The summed E-state index contributed by atoms with van der Waals surface area (Å²) in [4.78, 5) is 8.62. The van der Waals surface area contributed by atoms with Crippen LogP contribution in [-0.2, 0) is 13.1 Å². The summed E-state index contributed by atoms with van der Waals surface area (Å²) in [7, 11) is 1.76. The largest absolute Gasteiger partial charge is 0.474 e. The van der Waals surface area contributed by atoms with Gasteiger partial charge in [0.15, 0.2) is 11.7 Å². The Balaban J connectivity index is 1.48. The van der Waals surface area contributed by atoms with E-state index in [1.165, 1.54) is 12.8 Å². The molecule has 1 aliphatic rings. The maximum atomic E-state index is 5.99. The van der Waals surface area contributed by atoms with Gasteiger partial charge >= 0.3 is 0 Å². The van der Waals surface area contributed by atoms with E-state index >= 15 is 0 Å². The minimum atomic E-state index is 0.312. The third kappa shape index (κ3) is 6.21. The van der Waals surface area contributed by atoms with Crippen molar-refractivity contribution in [1.82, 2.24) is 20.8 Å². The summed E-state index contributed by atoms with van der Waals surface area (Å²) in [5.74, 6) is 2.68. The van der Waals surface area contributed by atoms with Gasteiger partial charge in [-0.05, 0) is 50.2 Å². The summed E-state index contributed by atoms with van der Waals surface area (Å²) >= 11 is 0. The Morgan fingerprint density at radius 1 is 1.21 bits per heavy atom. The molecule has 1 aliphatic carbocycles. The number of pyridine rings is 1. The highest BCUT2D eigenvalue weighted by molar-refractivity contribution is 5.79. The lowest BCUT2D eigenvalue weighted by atomic mass is 9.99. The number of nitrogens with zero attached hydrogens (tertiary/aromatic N) is 3. The molecular weight excluding hydrogens is 366 g/mol. The van der Waals surface area contributed by atoms with Crippen LogP contribution in [0.4, 0.5) is 0 Å². The predicted octanol–water partition coefficient (Wildman–Crippen LogP) is 4.16. The van der Waals surface area contributed by atoms with Gasteiger partial charge in [-0.3, -0.25) is 4.99 Å². The minimum Gasteiger partial charge on any atom is -0.474 e. The zero-order valence-electron chi connectivity index (χ0n) is 17.8. The maximum Gasteiger partial charge on any atom is 0.213 e. The van der Waals surface area contributed by atoms with E-state index in [9.17, 15) is 0 Å². The molecular formula is C22H33N5O2. The van der Waals surface area contributed by atoms with E-state index in [0.717, 1.165) is 42.7 Å². The summed E-state index contributed by atoms with van der Waals surface area (Å²) in [5.41, 5.74) is 2.13. The molecule has 0 unspecified atom stereocenters. The molecule has 158 valence electrons. The molecule has 0 atom stereocenters. The Morgan fingerprint density at radius 3 is 2.69 bits per heavy atom. The van der Waals surface area contributed by atoms with E-state index in [1.807, 2.05) is 18.2 Å². The van der Waals surface area contributed by atoms with Gasteiger partial charge in [-0.2, -0.15) is 0 Å². The monoisotopic (exact) mass is 399 g/mol. The van der Waals surface area contributed by atoms with E-state index in [1.54, 1.807) is 13.2 Å². The standard InChI is InChI=1S/C22H33N5O2/c1-4-17(5-2)20-13-19(29-27-20)15-26-22(23-3)25-14-16-10-11-24-21(12-16)28-18-8-6-7-9-18/h10-13,17-18H,4-9,14-15H2,1-3H3,(H2,23,25,26). The van der Waals surface area contributed by atoms with Gasteiger partial charge in [0.2, 0.25) is 5.88 Å². The van der Waals surface area contributed by atoms with Crippen LogP contribution in [0.2, 0.25) is 0 Å². The Hall–Kier alpha value is -2.57. The lowest BCUT2D eigenvalue weighted by Crippen LogP contribution is -2.36. The van der Waals surface area contributed by atoms with Crippen LogP contribution in [0.25, 0.3) is 0 Å². The Labute approximate surface area is 173 Å². The highest BCUT2D eigenvalue weighted by atomic mass is 16.5. The van der Waals surface area contributed by atoms with Crippen LogP contribution in [0.3, 0.4) is 0 Å². The van der Waals surface area contributed by atoms with Crippen LogP contribution >= 0.6 is 0 Å². The van der Waals surface area contributed by atoms with Gasteiger partial charge in [0.25, 0.3) is 0 Å². The SMILES string of the molecule is CCC(CC)c1cc(CNC(=NC)NCc2ccnc(OC3CCCC3)c2)on1. The average molecular weight is 400 g/mol. The zero-order chi connectivity index (χ0) is 20.5. The van der Waals surface area contributed by atoms with Gasteiger partial charge in [-0.1, -0.05) is 19.0 Å². The van der Waals surface area contributed by atoms with Crippen molar-refractivity contribution in [1.29, 1.82) is 0 Å². The topological polar surface area (TPSA) is 84.6 Å². The first-order chi connectivity index (χ1) is 14.2. The third-order valence-electron chi connectivity index (χ3n) is 5.48. The molecule has 2 N–H and O–H groups in total. The Morgan fingerprint density at radius 2 is 1.97 bits per heavy atom. The van der Waals surface area contributed by atoms with Crippen LogP contribution < -0.4 is 15.4 Å². The zero-order valence-corrected chi connectivity index (χ0v) is 17.8. The molecule has 0 aromatic carbocycles. The van der Waals surface area contributed by atoms with Crippen LogP contribution in [0, 0.1) is 0 Å². The summed E-state index contributed by atoms with van der Waals surface area (Å²) in [6.45, 7) is 5.53. The van der Waals surface area contributed by atoms with Gasteiger partial charge in [0, 0.05) is 37.8 Å². The van der Waals surface area contributed by atoms with Crippen LogP contribution in [0.5, 0.6) is 5.88 Å². The van der Waals surface area contributed by atoms with E-state index in [2.05, 4.69) is 39.6 Å². The average Bonchev–Trinajstić information content (AvgIpc) is 3.42. The normalized spacial score (nSPS) is 15.1. The van der Waals surface area contributed by atoms with Crippen molar-refractivity contribution in [2.24, 2.45) is 4.99 Å². The number of rotatable bonds is 9. The lowest BCUT2D eigenvalue weighted by molar-refractivity contribution is 0.201. The molecule has 7 heteroatoms. The number of hydrogen-bond donors (Lipinski definition) is 2. The van der Waals surface area contributed by atoms with Gasteiger partial charge < -0.3 is 19.9 Å². The first kappa shape index (κ1) is 21.1. The molecule has 1 saturated carbocycles. The summed E-state index contributed by atoms with van der Waals surface area (Å²) in [6, 6.07) is 6.02. The van der Waals surface area contributed by atoms with Crippen molar-refractivity contribution in [3.05, 3.63) is 41.4 Å². The molecule has 3 rings (SSSR count). The van der Waals surface area contributed by atoms with Crippen molar-refractivity contribution < 1.29 is 9.26 Å². The highest BCUT2D eigenvalue weighted by Crippen LogP contribution is 2.23. The maximum absolute atomic E-state index is 5.99. The third-order valence-corrected chi connectivity index (χ3v) is 5.48. The Bertz CT molecular complexity index is 779. The Kier molecular flexibility index (Phi) is 7.90. The molecule has 2 aromatic rings. The van der Waals surface area contributed by atoms with Gasteiger partial charge in [0.05, 0.1) is 12.2 Å². The number of nitrogens with one attached hydrogen (secondary N) is 2. The van der Waals surface area contributed by atoms with E-state index in [4.69, 9.17) is 9.26 Å². The van der Waals surface area contributed by atoms with Crippen LogP contribution in [0.1, 0.15) is 75.3 Å². The fourth-order valence-corrected chi connectivity index (χ4v) is 3.69. The van der Waals surface area contributed by atoms with Crippen molar-refractivity contribution in [2.45, 2.75) is 77.5 Å². The van der Waals surface area contributed by atoms with Crippen molar-refractivity contribution in [3.8, 4) is 5.88 Å². The minimum absolute atomic E-state index is 0.312. The summed E-state index contributed by atoms with van der Waals surface area (Å²) in [6.07, 6.45) is 8.99. The molecule has 0 bridgehead atoms. The van der Waals surface area contributed by atoms with Gasteiger partial charge in [-0.25, -0.2) is 4.98 Å². The summed E-state index contributed by atoms with van der Waals surface area (Å²) in [5, 5.41) is 10.8. The first-order valence-electron chi connectivity index (χ1n) is 10.7. The summed E-state index contributed by atoms with van der Waals surface area (Å²) < 4.78 is 11.5. The lowest BCUT2D eigenvalue weighted by Gasteiger charge is -2.14. The predicted molar refractivity (Wildman–Crippen MR) is 114 cm³/mol. The molecule has 1 fully saturated rings. The number of ether oxygens (including phenoxy) is 1. The second-order valence-electron chi connectivity index (χ2n) is 7.54. The number of aromatic nitrogens is 2. The molecule has 0 radical (unpaired) electrons. The number of guanidine groups is 1. The molecule has 2 aromatic heterocycles. The molecule has 29 heavy (non-hydrogen) atoms. The fraction of sp³-hybridized carbons (Fsp3) is 0.591. The number of aliphatic imine (C=N–C) groups is 1. The van der Waals surface area contributed by atoms with Crippen molar-refractivity contribution in [3.63, 3.8) is 0 Å². The molecule has 7 nitrogen and oxygen atoms in total. The number of hydrogen-bond acceptors (Lipinski definition) is 5. The van der Waals surface area contributed by atoms with Gasteiger partial charge in [0.1, 0.15) is 6.10 Å². The highest BCUT2D eigenvalue weighted by Gasteiger charge is 2.17. The molecule has 0 amide bonds. The second-order valence-corrected chi connectivity index (χ2v) is 7.54. The smallest absolute Gasteiger partial charge is 0.213 e. The van der Waals surface area contributed by atoms with E-state index in [0.29, 0.717) is 37.0 Å². The van der Waals surface area contributed by atoms with Crippen LogP contribution in [-0.4, -0.2) is 29.3 Å². The molecule has 2 heterocycles. The van der Waals surface area contributed by atoms with E-state index < -0.39 is 0 Å². The fourth-order valence-electron chi connectivity index (χ4n) is 3.69. The first-order valence-corrected chi connectivity index (χ1v) is 10.7. The van der Waals surface area contributed by atoms with Crippen molar-refractivity contribution in [2.75, 3.05) is 7.05 Å². The van der Waals surface area contributed by atoms with Gasteiger partial charge in [-0.15, -0.1) is 0 Å². The second kappa shape index (κ2) is 10.8. The molecule has 0 spiro atoms.